The van der Waals surface area contributed by atoms with Crippen molar-refractivity contribution in [3.63, 3.8) is 0 Å². The Bertz CT molecular complexity index is 681. The number of nitrogens with one attached hydrogen (secondary N) is 3. The second-order valence-electron chi connectivity index (χ2n) is 6.16. The standard InChI is InChI=1S/C16H19N3O2/c20-16(21)12-3-1-2-11-14(18-19-15(11)12)10-4-5-13-9(8-10)6-7-17-13/h4-8,11-12,14-15,17-19H,1-3H2,(H,20,21). The third kappa shape index (κ3) is 2.04. The molecular formula is C16H19N3O2. The molecule has 0 amide bonds. The summed E-state index contributed by atoms with van der Waals surface area (Å²) in [7, 11) is 0. The van der Waals surface area contributed by atoms with Crippen LogP contribution in [0.5, 0.6) is 0 Å². The monoisotopic (exact) mass is 285 g/mol. The van der Waals surface area contributed by atoms with Crippen LogP contribution in [0.15, 0.2) is 30.5 Å². The predicted octanol–water partition coefficient (Wildman–Crippen LogP) is 2.19. The summed E-state index contributed by atoms with van der Waals surface area (Å²) in [4.78, 5) is 14.6. The lowest BCUT2D eigenvalue weighted by Gasteiger charge is -2.32. The lowest BCUT2D eigenvalue weighted by atomic mass is 9.74. The van der Waals surface area contributed by atoms with Gasteiger partial charge in [0.25, 0.3) is 0 Å². The highest BCUT2D eigenvalue weighted by molar-refractivity contribution is 5.80. The topological polar surface area (TPSA) is 77.1 Å². The largest absolute Gasteiger partial charge is 0.481 e. The maximum atomic E-state index is 11.4. The van der Waals surface area contributed by atoms with Crippen LogP contribution in [0.2, 0.25) is 0 Å². The van der Waals surface area contributed by atoms with Crippen LogP contribution in [0, 0.1) is 11.8 Å². The van der Waals surface area contributed by atoms with Gasteiger partial charge in [-0.2, -0.15) is 0 Å². The second kappa shape index (κ2) is 4.86. The number of aliphatic carboxylic acids is 1. The van der Waals surface area contributed by atoms with Crippen molar-refractivity contribution in [1.82, 2.24) is 15.8 Å². The fourth-order valence-corrected chi connectivity index (χ4v) is 3.98. The van der Waals surface area contributed by atoms with E-state index in [4.69, 9.17) is 0 Å². The highest BCUT2D eigenvalue weighted by Crippen LogP contribution is 2.41. The highest BCUT2D eigenvalue weighted by atomic mass is 16.4. The second-order valence-corrected chi connectivity index (χ2v) is 6.16. The molecule has 0 bridgehead atoms. The summed E-state index contributed by atoms with van der Waals surface area (Å²) in [6.45, 7) is 0. The predicted molar refractivity (Wildman–Crippen MR) is 79.6 cm³/mol. The Morgan fingerprint density at radius 1 is 1.19 bits per heavy atom. The van der Waals surface area contributed by atoms with E-state index in [1.54, 1.807) is 0 Å². The number of rotatable bonds is 2. The van der Waals surface area contributed by atoms with E-state index < -0.39 is 5.97 Å². The summed E-state index contributed by atoms with van der Waals surface area (Å²) in [5, 5.41) is 10.6. The zero-order valence-electron chi connectivity index (χ0n) is 11.7. The summed E-state index contributed by atoms with van der Waals surface area (Å²) >= 11 is 0. The lowest BCUT2D eigenvalue weighted by Crippen LogP contribution is -2.43. The molecule has 4 N–H and O–H groups in total. The number of H-pyrrole nitrogens is 1. The van der Waals surface area contributed by atoms with Gasteiger partial charge in [0.15, 0.2) is 0 Å². The van der Waals surface area contributed by atoms with Gasteiger partial charge in [-0.15, -0.1) is 0 Å². The molecule has 4 rings (SSSR count). The molecule has 1 saturated heterocycles. The Morgan fingerprint density at radius 3 is 2.95 bits per heavy atom. The van der Waals surface area contributed by atoms with Crippen LogP contribution in [0.4, 0.5) is 0 Å². The molecule has 1 saturated carbocycles. The molecule has 21 heavy (non-hydrogen) atoms. The maximum absolute atomic E-state index is 11.4. The minimum absolute atomic E-state index is 0.0307. The van der Waals surface area contributed by atoms with Gasteiger partial charge in [0.2, 0.25) is 0 Å². The van der Waals surface area contributed by atoms with Crippen molar-refractivity contribution in [3.05, 3.63) is 36.0 Å². The van der Waals surface area contributed by atoms with Crippen LogP contribution in [-0.2, 0) is 4.79 Å². The van der Waals surface area contributed by atoms with Crippen LogP contribution >= 0.6 is 0 Å². The van der Waals surface area contributed by atoms with E-state index in [0.29, 0.717) is 5.92 Å². The van der Waals surface area contributed by atoms with E-state index in [9.17, 15) is 9.90 Å². The van der Waals surface area contributed by atoms with Crippen LogP contribution in [0.25, 0.3) is 10.9 Å². The third-order valence-corrected chi connectivity index (χ3v) is 5.03. The smallest absolute Gasteiger partial charge is 0.308 e. The maximum Gasteiger partial charge on any atom is 0.308 e. The third-order valence-electron chi connectivity index (χ3n) is 5.03. The number of benzene rings is 1. The molecule has 5 nitrogen and oxygen atoms in total. The van der Waals surface area contributed by atoms with Crippen molar-refractivity contribution in [3.8, 4) is 0 Å². The number of carboxylic acid groups (broad SMARTS) is 1. The minimum Gasteiger partial charge on any atom is -0.481 e. The van der Waals surface area contributed by atoms with Gasteiger partial charge in [-0.05, 0) is 47.9 Å². The van der Waals surface area contributed by atoms with Gasteiger partial charge in [0.1, 0.15) is 0 Å². The van der Waals surface area contributed by atoms with Gasteiger partial charge in [-0.1, -0.05) is 12.5 Å². The Balaban J connectivity index is 1.65. The number of carboxylic acids is 1. The highest BCUT2D eigenvalue weighted by Gasteiger charge is 2.45. The van der Waals surface area contributed by atoms with E-state index in [1.807, 2.05) is 6.20 Å². The van der Waals surface area contributed by atoms with E-state index >= 15 is 0 Å². The van der Waals surface area contributed by atoms with E-state index in [2.05, 4.69) is 40.1 Å². The first-order valence-electron chi connectivity index (χ1n) is 7.55. The van der Waals surface area contributed by atoms with Gasteiger partial charge >= 0.3 is 5.97 Å². The number of hydrogen-bond acceptors (Lipinski definition) is 3. The summed E-state index contributed by atoms with van der Waals surface area (Å²) in [5.41, 5.74) is 8.94. The number of hydrazine groups is 1. The fraction of sp³-hybridized carbons (Fsp3) is 0.438. The summed E-state index contributed by atoms with van der Waals surface area (Å²) in [5.74, 6) is -0.616. The average Bonchev–Trinajstić information content (AvgIpc) is 3.12. The number of aromatic nitrogens is 1. The first kappa shape index (κ1) is 12.9. The van der Waals surface area contributed by atoms with Crippen molar-refractivity contribution < 1.29 is 9.90 Å². The molecule has 1 aromatic carbocycles. The van der Waals surface area contributed by atoms with Gasteiger partial charge in [-0.25, -0.2) is 5.43 Å². The van der Waals surface area contributed by atoms with Crippen LogP contribution < -0.4 is 10.9 Å². The van der Waals surface area contributed by atoms with Crippen molar-refractivity contribution >= 4 is 16.9 Å². The quantitative estimate of drug-likeness (QED) is 0.682. The molecule has 4 unspecified atom stereocenters. The minimum atomic E-state index is -0.680. The summed E-state index contributed by atoms with van der Waals surface area (Å²) in [6, 6.07) is 8.71. The van der Waals surface area contributed by atoms with Crippen molar-refractivity contribution in [1.29, 1.82) is 0 Å². The number of aromatic amines is 1. The average molecular weight is 285 g/mol. The number of carbonyl (C=O) groups is 1. The Kier molecular flexibility index (Phi) is 2.97. The molecule has 2 aromatic rings. The normalized spacial score (nSPS) is 32.2. The molecule has 0 spiro atoms. The molecule has 5 heteroatoms. The molecule has 2 aliphatic rings. The molecule has 110 valence electrons. The number of fused-ring (bicyclic) bond motifs is 2. The van der Waals surface area contributed by atoms with Gasteiger partial charge in [0.05, 0.1) is 12.0 Å². The Morgan fingerprint density at radius 2 is 2.10 bits per heavy atom. The van der Waals surface area contributed by atoms with E-state index in [0.717, 1.165) is 24.8 Å². The Hall–Kier alpha value is -1.85. The molecular weight excluding hydrogens is 266 g/mol. The van der Waals surface area contributed by atoms with Crippen LogP contribution in [0.1, 0.15) is 30.9 Å². The lowest BCUT2D eigenvalue weighted by molar-refractivity contribution is -0.144. The first-order valence-corrected chi connectivity index (χ1v) is 7.55. The SMILES string of the molecule is O=C(O)C1CCCC2C(c3ccc4[nH]ccc4c3)NNC12. The molecule has 1 aliphatic heterocycles. The van der Waals surface area contributed by atoms with Crippen molar-refractivity contribution in [2.24, 2.45) is 11.8 Å². The van der Waals surface area contributed by atoms with Gasteiger partial charge < -0.3 is 10.1 Å². The first-order chi connectivity index (χ1) is 10.2. The molecule has 2 heterocycles. The van der Waals surface area contributed by atoms with Crippen LogP contribution in [-0.4, -0.2) is 22.1 Å². The van der Waals surface area contributed by atoms with Gasteiger partial charge in [0, 0.05) is 17.8 Å². The van der Waals surface area contributed by atoms with Crippen LogP contribution in [0.3, 0.4) is 0 Å². The molecule has 0 radical (unpaired) electrons. The van der Waals surface area contributed by atoms with E-state index in [-0.39, 0.29) is 18.0 Å². The molecule has 1 aliphatic carbocycles. The zero-order chi connectivity index (χ0) is 14.4. The summed E-state index contributed by atoms with van der Waals surface area (Å²) in [6.07, 6.45) is 4.78. The van der Waals surface area contributed by atoms with Crippen molar-refractivity contribution in [2.45, 2.75) is 31.3 Å². The summed E-state index contributed by atoms with van der Waals surface area (Å²) < 4.78 is 0. The fourth-order valence-electron chi connectivity index (χ4n) is 3.98. The Labute approximate surface area is 122 Å². The van der Waals surface area contributed by atoms with E-state index in [1.165, 1.54) is 10.9 Å². The molecule has 2 fully saturated rings. The number of hydrogen-bond donors (Lipinski definition) is 4. The zero-order valence-corrected chi connectivity index (χ0v) is 11.7. The molecule has 4 atom stereocenters. The molecule has 1 aromatic heterocycles. The van der Waals surface area contributed by atoms with Crippen molar-refractivity contribution in [2.75, 3.05) is 0 Å². The van der Waals surface area contributed by atoms with Gasteiger partial charge in [-0.3, -0.25) is 10.2 Å².